The van der Waals surface area contributed by atoms with Gasteiger partial charge in [0, 0.05) is 6.54 Å². The van der Waals surface area contributed by atoms with Crippen LogP contribution in [-0.4, -0.2) is 24.7 Å². The van der Waals surface area contributed by atoms with E-state index in [-0.39, 0.29) is 24.2 Å². The maximum Gasteiger partial charge on any atom is 0.249 e. The Hall–Kier alpha value is -1.39. The molecule has 0 aliphatic carbocycles. The van der Waals surface area contributed by atoms with Crippen LogP contribution in [-0.2, 0) is 9.53 Å². The van der Waals surface area contributed by atoms with Gasteiger partial charge in [-0.05, 0) is 32.3 Å². The van der Waals surface area contributed by atoms with Gasteiger partial charge in [0.15, 0.2) is 0 Å². The molecule has 1 unspecified atom stereocenters. The first-order valence-corrected chi connectivity index (χ1v) is 6.82. The molecule has 1 aliphatic rings. The average Bonchev–Trinajstić information content (AvgIpc) is 2.88. The summed E-state index contributed by atoms with van der Waals surface area (Å²) in [6.45, 7) is 4.52. The Morgan fingerprint density at radius 3 is 2.68 bits per heavy atom. The molecule has 4 heteroatoms. The van der Waals surface area contributed by atoms with Crippen molar-refractivity contribution in [1.82, 2.24) is 5.32 Å². The maximum absolute atomic E-state index is 12.1. The minimum Gasteiger partial charge on any atom is -0.364 e. The molecule has 0 saturated carbocycles. The van der Waals surface area contributed by atoms with Gasteiger partial charge >= 0.3 is 0 Å². The SMILES string of the molecule is Cc1ccc(C(C)NC(=O)[C@@H]2CC[C@H](CN)O2)cc1. The van der Waals surface area contributed by atoms with Gasteiger partial charge < -0.3 is 15.8 Å². The zero-order chi connectivity index (χ0) is 13.8. The molecule has 1 aromatic carbocycles. The van der Waals surface area contributed by atoms with Crippen molar-refractivity contribution in [2.45, 2.75) is 44.9 Å². The lowest BCUT2D eigenvalue weighted by atomic mass is 10.1. The molecule has 104 valence electrons. The first kappa shape index (κ1) is 14.0. The van der Waals surface area contributed by atoms with Crippen LogP contribution in [0, 0.1) is 6.92 Å². The molecule has 1 aliphatic heterocycles. The highest BCUT2D eigenvalue weighted by molar-refractivity contribution is 5.81. The minimum atomic E-state index is -0.346. The van der Waals surface area contributed by atoms with Crippen LogP contribution in [0.5, 0.6) is 0 Å². The summed E-state index contributed by atoms with van der Waals surface area (Å²) < 4.78 is 5.59. The smallest absolute Gasteiger partial charge is 0.249 e. The maximum atomic E-state index is 12.1. The summed E-state index contributed by atoms with van der Waals surface area (Å²) in [5.74, 6) is -0.0379. The Bertz CT molecular complexity index is 430. The van der Waals surface area contributed by atoms with Crippen molar-refractivity contribution in [3.63, 3.8) is 0 Å². The van der Waals surface area contributed by atoms with Crippen LogP contribution in [0.25, 0.3) is 0 Å². The predicted octanol–water partition coefficient (Wildman–Crippen LogP) is 1.68. The number of carbonyl (C=O) groups excluding carboxylic acids is 1. The van der Waals surface area contributed by atoms with Crippen LogP contribution >= 0.6 is 0 Å². The highest BCUT2D eigenvalue weighted by Gasteiger charge is 2.30. The largest absolute Gasteiger partial charge is 0.364 e. The predicted molar refractivity (Wildman–Crippen MR) is 74.7 cm³/mol. The summed E-state index contributed by atoms with van der Waals surface area (Å²) >= 11 is 0. The van der Waals surface area contributed by atoms with E-state index in [2.05, 4.69) is 17.4 Å². The Morgan fingerprint density at radius 2 is 2.11 bits per heavy atom. The molecule has 0 aromatic heterocycles. The molecule has 0 radical (unpaired) electrons. The third kappa shape index (κ3) is 3.55. The number of ether oxygens (including phenoxy) is 1. The zero-order valence-corrected chi connectivity index (χ0v) is 11.6. The molecule has 1 aromatic rings. The van der Waals surface area contributed by atoms with Crippen molar-refractivity contribution in [3.05, 3.63) is 35.4 Å². The molecule has 2 rings (SSSR count). The van der Waals surface area contributed by atoms with Gasteiger partial charge in [0.1, 0.15) is 6.10 Å². The molecule has 1 heterocycles. The second-order valence-corrected chi connectivity index (χ2v) is 5.20. The van der Waals surface area contributed by atoms with Crippen molar-refractivity contribution in [3.8, 4) is 0 Å². The topological polar surface area (TPSA) is 64.4 Å². The summed E-state index contributed by atoms with van der Waals surface area (Å²) in [4.78, 5) is 12.1. The van der Waals surface area contributed by atoms with Crippen molar-refractivity contribution in [2.24, 2.45) is 5.73 Å². The minimum absolute atomic E-state index is 0.00590. The molecule has 3 N–H and O–H groups in total. The fourth-order valence-electron chi connectivity index (χ4n) is 2.32. The zero-order valence-electron chi connectivity index (χ0n) is 11.6. The Balaban J connectivity index is 1.90. The van der Waals surface area contributed by atoms with E-state index in [1.165, 1.54) is 5.56 Å². The summed E-state index contributed by atoms with van der Waals surface area (Å²) in [5.41, 5.74) is 7.86. The van der Waals surface area contributed by atoms with Crippen LogP contribution in [0.3, 0.4) is 0 Å². The summed E-state index contributed by atoms with van der Waals surface area (Å²) in [7, 11) is 0. The Kier molecular flexibility index (Phi) is 4.56. The Morgan fingerprint density at radius 1 is 1.42 bits per heavy atom. The van der Waals surface area contributed by atoms with E-state index < -0.39 is 0 Å². The van der Waals surface area contributed by atoms with Crippen LogP contribution in [0.4, 0.5) is 0 Å². The van der Waals surface area contributed by atoms with Crippen LogP contribution in [0.15, 0.2) is 24.3 Å². The number of amides is 1. The quantitative estimate of drug-likeness (QED) is 0.867. The number of carbonyl (C=O) groups is 1. The van der Waals surface area contributed by atoms with Gasteiger partial charge in [-0.2, -0.15) is 0 Å². The lowest BCUT2D eigenvalue weighted by Gasteiger charge is -2.18. The van der Waals surface area contributed by atoms with E-state index in [0.717, 1.165) is 18.4 Å². The molecule has 0 spiro atoms. The van der Waals surface area contributed by atoms with Gasteiger partial charge in [-0.25, -0.2) is 0 Å². The normalized spacial score (nSPS) is 24.2. The van der Waals surface area contributed by atoms with Crippen LogP contribution in [0.1, 0.15) is 36.9 Å². The summed E-state index contributed by atoms with van der Waals surface area (Å²) in [6, 6.07) is 8.17. The van der Waals surface area contributed by atoms with Crippen LogP contribution in [0.2, 0.25) is 0 Å². The molecular weight excluding hydrogens is 240 g/mol. The fourth-order valence-corrected chi connectivity index (χ4v) is 2.32. The van der Waals surface area contributed by atoms with Crippen LogP contribution < -0.4 is 11.1 Å². The summed E-state index contributed by atoms with van der Waals surface area (Å²) in [6.07, 6.45) is 1.31. The van der Waals surface area contributed by atoms with Gasteiger partial charge in [0.05, 0.1) is 12.1 Å². The lowest BCUT2D eigenvalue weighted by Crippen LogP contribution is -2.36. The molecular formula is C15H22N2O2. The number of hydrogen-bond acceptors (Lipinski definition) is 3. The molecule has 1 saturated heterocycles. The van der Waals surface area contributed by atoms with E-state index in [4.69, 9.17) is 10.5 Å². The number of nitrogens with two attached hydrogens (primary N) is 1. The van der Waals surface area contributed by atoms with E-state index in [1.54, 1.807) is 0 Å². The van der Waals surface area contributed by atoms with Gasteiger partial charge in [0.25, 0.3) is 0 Å². The monoisotopic (exact) mass is 262 g/mol. The first-order valence-electron chi connectivity index (χ1n) is 6.82. The third-order valence-corrected chi connectivity index (χ3v) is 3.60. The van der Waals surface area contributed by atoms with Gasteiger partial charge in [-0.15, -0.1) is 0 Å². The van der Waals surface area contributed by atoms with Gasteiger partial charge in [0.2, 0.25) is 5.91 Å². The fraction of sp³-hybridized carbons (Fsp3) is 0.533. The second kappa shape index (κ2) is 6.17. The van der Waals surface area contributed by atoms with Gasteiger partial charge in [-0.3, -0.25) is 4.79 Å². The van der Waals surface area contributed by atoms with E-state index >= 15 is 0 Å². The number of rotatable bonds is 4. The molecule has 4 nitrogen and oxygen atoms in total. The van der Waals surface area contributed by atoms with Crippen molar-refractivity contribution < 1.29 is 9.53 Å². The molecule has 0 bridgehead atoms. The number of benzene rings is 1. The highest BCUT2D eigenvalue weighted by Crippen LogP contribution is 2.20. The van der Waals surface area contributed by atoms with Crippen molar-refractivity contribution in [1.29, 1.82) is 0 Å². The molecule has 1 fully saturated rings. The Labute approximate surface area is 114 Å². The molecule has 1 amide bonds. The number of aryl methyl sites for hydroxylation is 1. The number of nitrogens with one attached hydrogen (secondary N) is 1. The van der Waals surface area contributed by atoms with Crippen molar-refractivity contribution in [2.75, 3.05) is 6.54 Å². The second-order valence-electron chi connectivity index (χ2n) is 5.20. The van der Waals surface area contributed by atoms with Gasteiger partial charge in [-0.1, -0.05) is 29.8 Å². The van der Waals surface area contributed by atoms with Crippen molar-refractivity contribution >= 4 is 5.91 Å². The first-order chi connectivity index (χ1) is 9.10. The number of hydrogen-bond donors (Lipinski definition) is 2. The molecule has 19 heavy (non-hydrogen) atoms. The third-order valence-electron chi connectivity index (χ3n) is 3.60. The highest BCUT2D eigenvalue weighted by atomic mass is 16.5. The van der Waals surface area contributed by atoms with E-state index in [0.29, 0.717) is 6.54 Å². The van der Waals surface area contributed by atoms with E-state index in [1.807, 2.05) is 26.0 Å². The molecule has 3 atom stereocenters. The summed E-state index contributed by atoms with van der Waals surface area (Å²) in [5, 5.41) is 3.00. The average molecular weight is 262 g/mol. The standard InChI is InChI=1S/C15H22N2O2/c1-10-3-5-12(6-4-10)11(2)17-15(18)14-8-7-13(9-16)19-14/h3-6,11,13-14H,7-9,16H2,1-2H3,(H,17,18)/t11?,13-,14+/m1/s1. The lowest BCUT2D eigenvalue weighted by molar-refractivity contribution is -0.132. The van der Waals surface area contributed by atoms with E-state index in [9.17, 15) is 4.79 Å².